The van der Waals surface area contributed by atoms with Gasteiger partial charge in [0.05, 0.1) is 36.5 Å². The Balaban J connectivity index is 1.03. The quantitative estimate of drug-likeness (QED) is 0.324. The molecule has 1 aliphatic carbocycles. The third-order valence-electron chi connectivity index (χ3n) is 8.49. The van der Waals surface area contributed by atoms with Crippen LogP contribution in [0.4, 0.5) is 4.39 Å². The summed E-state index contributed by atoms with van der Waals surface area (Å²) in [7, 11) is 0. The Kier molecular flexibility index (Phi) is 6.21. The van der Waals surface area contributed by atoms with Crippen molar-refractivity contribution in [3.8, 4) is 11.9 Å². The number of aromatic nitrogens is 4. The number of imidazole rings is 1. The van der Waals surface area contributed by atoms with E-state index in [1.54, 1.807) is 18.2 Å². The number of nitriles is 1. The molecule has 41 heavy (non-hydrogen) atoms. The first-order chi connectivity index (χ1) is 19.9. The minimum absolute atomic E-state index is 0.00366. The van der Waals surface area contributed by atoms with Crippen molar-refractivity contribution in [1.29, 1.82) is 5.26 Å². The van der Waals surface area contributed by atoms with Crippen molar-refractivity contribution in [2.45, 2.75) is 50.5 Å². The van der Waals surface area contributed by atoms with E-state index in [1.165, 1.54) is 6.07 Å². The van der Waals surface area contributed by atoms with Crippen LogP contribution in [0.3, 0.4) is 0 Å². The van der Waals surface area contributed by atoms with Crippen molar-refractivity contribution in [2.75, 3.05) is 19.7 Å². The van der Waals surface area contributed by atoms with Crippen molar-refractivity contribution in [3.63, 3.8) is 0 Å². The van der Waals surface area contributed by atoms with Gasteiger partial charge in [0.25, 0.3) is 0 Å². The minimum atomic E-state index is -1.22. The number of benzene rings is 1. The summed E-state index contributed by atoms with van der Waals surface area (Å²) in [6.45, 7) is 3.62. The largest absolute Gasteiger partial charge is 0.474 e. The molecule has 11 nitrogen and oxygen atoms in total. The zero-order valence-corrected chi connectivity index (χ0v) is 22.1. The Morgan fingerprint density at radius 3 is 2.88 bits per heavy atom. The van der Waals surface area contributed by atoms with E-state index in [2.05, 4.69) is 14.9 Å². The number of pyridine rings is 1. The predicted octanol–water partition coefficient (Wildman–Crippen LogP) is 3.66. The summed E-state index contributed by atoms with van der Waals surface area (Å²) in [5.74, 6) is -0.381. The molecule has 3 atom stereocenters. The number of carbonyl (C=O) groups is 1. The van der Waals surface area contributed by atoms with Crippen molar-refractivity contribution in [2.24, 2.45) is 5.92 Å². The van der Waals surface area contributed by atoms with Gasteiger partial charge in [-0.1, -0.05) is 12.1 Å². The number of fused-ring (bicyclic) bond motifs is 2. The van der Waals surface area contributed by atoms with Gasteiger partial charge in [0, 0.05) is 30.2 Å². The number of carboxylic acid groups (broad SMARTS) is 1. The van der Waals surface area contributed by atoms with Crippen LogP contribution in [0, 0.1) is 23.1 Å². The summed E-state index contributed by atoms with van der Waals surface area (Å²) in [4.78, 5) is 27.2. The summed E-state index contributed by atoms with van der Waals surface area (Å²) >= 11 is 0. The van der Waals surface area contributed by atoms with Crippen LogP contribution in [0.25, 0.3) is 11.4 Å². The number of likely N-dealkylation sites (tertiary alicyclic amines) is 1. The molecule has 7 rings (SSSR count). The summed E-state index contributed by atoms with van der Waals surface area (Å²) in [6, 6.07) is 12.0. The molecule has 5 heterocycles. The number of halogens is 1. The number of hydrogen-bond donors (Lipinski definition) is 1. The van der Waals surface area contributed by atoms with Crippen molar-refractivity contribution >= 4 is 17.3 Å². The fourth-order valence-electron chi connectivity index (χ4n) is 6.02. The van der Waals surface area contributed by atoms with Gasteiger partial charge in [-0.15, -0.1) is 0 Å². The smallest absolute Gasteiger partial charge is 0.392 e. The molecule has 1 aromatic carbocycles. The number of rotatable bonds is 9. The topological polar surface area (TPSA) is 140 Å². The standard InChI is InChI=1S/C29H27FN6O5/c30-21-10-17(12-31)4-5-18(21)16-40-24-3-1-2-22(32-24)29-7-8-35(13-19(29)11-29)15-23-33-25-27(41-26(34-25)28(37)38)36(23)14-20-6-9-39-20/h1-5,10,19-20H,6-9,11,13-16H2,(H,37,38)/t19-,20?,29+/m0/s1. The van der Waals surface area contributed by atoms with Gasteiger partial charge in [0.15, 0.2) is 0 Å². The summed E-state index contributed by atoms with van der Waals surface area (Å²) < 4.78 is 33.2. The zero-order valence-electron chi connectivity index (χ0n) is 22.1. The Hall–Kier alpha value is -4.34. The lowest BCUT2D eigenvalue weighted by molar-refractivity contribution is -0.0595. The SMILES string of the molecule is N#Cc1ccc(COc2cccc([C@@]34CCN(Cc5nc6nc(C(=O)O)oc6n5CC5CCO5)C[C@@H]3C4)n2)c(F)c1. The number of carboxylic acids is 1. The second-order valence-corrected chi connectivity index (χ2v) is 11.0. The summed E-state index contributed by atoms with van der Waals surface area (Å²) in [5.41, 5.74) is 2.30. The van der Waals surface area contributed by atoms with Crippen LogP contribution in [0.2, 0.25) is 0 Å². The van der Waals surface area contributed by atoms with E-state index in [0.29, 0.717) is 41.8 Å². The average Bonchev–Trinajstić information content (AvgIpc) is 3.40. The lowest BCUT2D eigenvalue weighted by atomic mass is 9.91. The third kappa shape index (κ3) is 4.71. The fourth-order valence-corrected chi connectivity index (χ4v) is 6.02. The van der Waals surface area contributed by atoms with Gasteiger partial charge < -0.3 is 19.0 Å². The number of nitrogens with zero attached hydrogens (tertiary/aromatic N) is 6. The van der Waals surface area contributed by atoms with E-state index >= 15 is 0 Å². The number of ether oxygens (including phenoxy) is 2. The van der Waals surface area contributed by atoms with Crippen LogP contribution < -0.4 is 4.74 Å². The summed E-state index contributed by atoms with van der Waals surface area (Å²) in [5, 5.41) is 18.2. The molecule has 3 aromatic heterocycles. The lowest BCUT2D eigenvalue weighted by Crippen LogP contribution is -2.37. The summed E-state index contributed by atoms with van der Waals surface area (Å²) in [6.07, 6.45) is 2.95. The van der Waals surface area contributed by atoms with Crippen molar-refractivity contribution < 1.29 is 28.2 Å². The van der Waals surface area contributed by atoms with Gasteiger partial charge in [-0.25, -0.2) is 19.2 Å². The maximum atomic E-state index is 14.3. The molecule has 1 saturated carbocycles. The first-order valence-corrected chi connectivity index (χ1v) is 13.6. The normalized spacial score (nSPS) is 23.5. The van der Waals surface area contributed by atoms with Crippen molar-refractivity contribution in [3.05, 3.63) is 70.8 Å². The number of piperidine rings is 1. The second kappa shape index (κ2) is 9.94. The predicted molar refractivity (Wildman–Crippen MR) is 140 cm³/mol. The van der Waals surface area contributed by atoms with Crippen molar-refractivity contribution in [1.82, 2.24) is 24.4 Å². The molecular weight excluding hydrogens is 531 g/mol. The van der Waals surface area contributed by atoms with E-state index in [1.807, 2.05) is 22.8 Å². The van der Waals surface area contributed by atoms with Gasteiger partial charge in [0.2, 0.25) is 17.2 Å². The Labute approximate surface area is 234 Å². The number of oxazole rings is 1. The van der Waals surface area contributed by atoms with E-state index in [4.69, 9.17) is 24.1 Å². The highest BCUT2D eigenvalue weighted by atomic mass is 19.1. The van der Waals surface area contributed by atoms with E-state index < -0.39 is 11.8 Å². The number of aromatic carboxylic acids is 1. The average molecular weight is 559 g/mol. The Morgan fingerprint density at radius 1 is 1.27 bits per heavy atom. The highest BCUT2D eigenvalue weighted by Gasteiger charge is 2.58. The fraction of sp³-hybridized carbons (Fsp3) is 0.414. The molecule has 2 aliphatic heterocycles. The highest BCUT2D eigenvalue weighted by molar-refractivity contribution is 5.85. The number of hydrogen-bond acceptors (Lipinski definition) is 9. The van der Waals surface area contributed by atoms with Crippen LogP contribution in [0.15, 0.2) is 40.8 Å². The maximum Gasteiger partial charge on any atom is 0.392 e. The molecule has 210 valence electrons. The molecule has 3 fully saturated rings. The first kappa shape index (κ1) is 25.6. The Bertz CT molecular complexity index is 1690. The van der Waals surface area contributed by atoms with Crippen LogP contribution in [-0.2, 0) is 29.8 Å². The third-order valence-corrected chi connectivity index (χ3v) is 8.49. The van der Waals surface area contributed by atoms with Crippen LogP contribution in [0.1, 0.15) is 52.6 Å². The minimum Gasteiger partial charge on any atom is -0.474 e. The van der Waals surface area contributed by atoms with E-state index in [0.717, 1.165) is 50.5 Å². The molecule has 3 aliphatic rings. The molecule has 0 bridgehead atoms. The molecular formula is C29H27FN6O5. The first-order valence-electron chi connectivity index (χ1n) is 13.6. The molecule has 2 saturated heterocycles. The van der Waals surface area contributed by atoms with Gasteiger partial charge in [-0.2, -0.15) is 10.2 Å². The Morgan fingerprint density at radius 2 is 2.15 bits per heavy atom. The molecule has 0 radical (unpaired) electrons. The van der Waals surface area contributed by atoms with Gasteiger partial charge >= 0.3 is 11.9 Å². The van der Waals surface area contributed by atoms with Gasteiger partial charge in [0.1, 0.15) is 18.2 Å². The van der Waals surface area contributed by atoms with Crippen LogP contribution in [0.5, 0.6) is 5.88 Å². The van der Waals surface area contributed by atoms with E-state index in [-0.39, 0.29) is 29.6 Å². The van der Waals surface area contributed by atoms with Crippen LogP contribution in [-0.4, -0.2) is 61.3 Å². The van der Waals surface area contributed by atoms with Crippen LogP contribution >= 0.6 is 0 Å². The molecule has 0 spiro atoms. The zero-order chi connectivity index (χ0) is 28.1. The molecule has 1 N–H and O–H groups in total. The highest BCUT2D eigenvalue weighted by Crippen LogP contribution is 2.59. The molecule has 0 amide bonds. The van der Waals surface area contributed by atoms with Gasteiger partial charge in [-0.3, -0.25) is 9.47 Å². The van der Waals surface area contributed by atoms with Gasteiger partial charge in [-0.05, 0) is 49.9 Å². The maximum absolute atomic E-state index is 14.3. The lowest BCUT2D eigenvalue weighted by Gasteiger charge is -2.32. The second-order valence-electron chi connectivity index (χ2n) is 11.0. The molecule has 1 unspecified atom stereocenters. The van der Waals surface area contributed by atoms with E-state index in [9.17, 15) is 14.3 Å². The monoisotopic (exact) mass is 558 g/mol. The molecule has 12 heteroatoms. The molecule has 4 aromatic rings.